The number of rotatable bonds is 3. The van der Waals surface area contributed by atoms with Gasteiger partial charge in [0.05, 0.1) is 16.8 Å². The summed E-state index contributed by atoms with van der Waals surface area (Å²) in [6.07, 6.45) is 0.703. The van der Waals surface area contributed by atoms with Gasteiger partial charge in [0, 0.05) is 11.1 Å². The van der Waals surface area contributed by atoms with E-state index in [1.165, 1.54) is 27.9 Å². The zero-order valence-corrected chi connectivity index (χ0v) is 15.2. The first-order valence-electron chi connectivity index (χ1n) is 8.34. The standard InChI is InChI=1S/C21H13F3N2OS/c22-21(23,24)15-8-6-14(7-9-15)19-17(11-10-16-4-3-13-28-16)25-18-5-1-2-12-26(18)20(19)27/h1-13H. The van der Waals surface area contributed by atoms with E-state index in [0.29, 0.717) is 16.9 Å². The van der Waals surface area contributed by atoms with Gasteiger partial charge in [0.2, 0.25) is 0 Å². The highest BCUT2D eigenvalue weighted by molar-refractivity contribution is 7.10. The van der Waals surface area contributed by atoms with Crippen LogP contribution in [0.3, 0.4) is 0 Å². The van der Waals surface area contributed by atoms with Crippen molar-refractivity contribution in [2.75, 3.05) is 0 Å². The smallest absolute Gasteiger partial charge is 0.268 e. The van der Waals surface area contributed by atoms with E-state index in [1.54, 1.807) is 30.5 Å². The van der Waals surface area contributed by atoms with E-state index >= 15 is 0 Å². The maximum Gasteiger partial charge on any atom is 0.416 e. The lowest BCUT2D eigenvalue weighted by molar-refractivity contribution is -0.137. The molecule has 3 nitrogen and oxygen atoms in total. The minimum atomic E-state index is -4.43. The normalized spacial score (nSPS) is 12.1. The molecule has 0 amide bonds. The maximum absolute atomic E-state index is 13.1. The molecule has 4 aromatic rings. The lowest BCUT2D eigenvalue weighted by Crippen LogP contribution is -2.18. The largest absolute Gasteiger partial charge is 0.416 e. The number of thiophene rings is 1. The third kappa shape index (κ3) is 3.48. The molecule has 0 fully saturated rings. The maximum atomic E-state index is 13.1. The van der Waals surface area contributed by atoms with E-state index in [4.69, 9.17) is 0 Å². The van der Waals surface area contributed by atoms with Crippen molar-refractivity contribution >= 4 is 29.1 Å². The number of halogens is 3. The average Bonchev–Trinajstić information content (AvgIpc) is 3.20. The van der Waals surface area contributed by atoms with Crippen molar-refractivity contribution in [1.82, 2.24) is 9.38 Å². The SMILES string of the molecule is O=c1c(-c2ccc(C(F)(F)F)cc2)c(C=Cc2cccs2)nc2ccccn12. The third-order valence-electron chi connectivity index (χ3n) is 4.21. The van der Waals surface area contributed by atoms with Gasteiger partial charge in [0.15, 0.2) is 0 Å². The Labute approximate surface area is 162 Å². The third-order valence-corrected chi connectivity index (χ3v) is 5.05. The van der Waals surface area contributed by atoms with E-state index in [9.17, 15) is 18.0 Å². The van der Waals surface area contributed by atoms with Gasteiger partial charge in [-0.1, -0.05) is 24.3 Å². The minimum absolute atomic E-state index is 0.255. The van der Waals surface area contributed by atoms with E-state index in [-0.39, 0.29) is 11.1 Å². The molecule has 0 spiro atoms. The number of hydrogen-bond acceptors (Lipinski definition) is 3. The van der Waals surface area contributed by atoms with Gasteiger partial charge < -0.3 is 0 Å². The fourth-order valence-corrected chi connectivity index (χ4v) is 3.49. The van der Waals surface area contributed by atoms with Crippen LogP contribution in [0.2, 0.25) is 0 Å². The van der Waals surface area contributed by atoms with Gasteiger partial charge in [-0.2, -0.15) is 13.2 Å². The van der Waals surface area contributed by atoms with Crippen LogP contribution in [0, 0.1) is 0 Å². The Morgan fingerprint density at radius 2 is 1.75 bits per heavy atom. The van der Waals surface area contributed by atoms with Crippen LogP contribution in [0.25, 0.3) is 28.9 Å². The molecule has 0 atom stereocenters. The molecule has 0 N–H and O–H groups in total. The molecule has 0 saturated carbocycles. The van der Waals surface area contributed by atoms with E-state index in [2.05, 4.69) is 4.98 Å². The second kappa shape index (κ2) is 7.09. The Bertz CT molecular complexity index is 1210. The lowest BCUT2D eigenvalue weighted by Gasteiger charge is -2.10. The van der Waals surface area contributed by atoms with Crippen molar-refractivity contribution in [3.8, 4) is 11.1 Å². The molecular formula is C21H13F3N2OS. The van der Waals surface area contributed by atoms with Crippen LogP contribution in [0.5, 0.6) is 0 Å². The topological polar surface area (TPSA) is 34.4 Å². The predicted octanol–water partition coefficient (Wildman–Crippen LogP) is 5.61. The van der Waals surface area contributed by atoms with Gasteiger partial charge in [0.25, 0.3) is 5.56 Å². The van der Waals surface area contributed by atoms with Crippen LogP contribution < -0.4 is 5.56 Å². The molecule has 0 aliphatic carbocycles. The monoisotopic (exact) mass is 398 g/mol. The van der Waals surface area contributed by atoms with Crippen molar-refractivity contribution in [2.45, 2.75) is 6.18 Å². The lowest BCUT2D eigenvalue weighted by atomic mass is 10.0. The summed E-state index contributed by atoms with van der Waals surface area (Å²) >= 11 is 1.53. The van der Waals surface area contributed by atoms with Crippen molar-refractivity contribution in [3.63, 3.8) is 0 Å². The molecule has 4 rings (SSSR count). The van der Waals surface area contributed by atoms with Crippen LogP contribution >= 0.6 is 11.3 Å². The Hall–Kier alpha value is -3.19. The summed E-state index contributed by atoms with van der Waals surface area (Å²) in [6.45, 7) is 0. The molecule has 0 aliphatic rings. The van der Waals surface area contributed by atoms with Gasteiger partial charge in [-0.3, -0.25) is 9.20 Å². The van der Waals surface area contributed by atoms with Gasteiger partial charge in [-0.05, 0) is 53.4 Å². The van der Waals surface area contributed by atoms with E-state index in [0.717, 1.165) is 17.0 Å². The van der Waals surface area contributed by atoms with Crippen LogP contribution in [0.15, 0.2) is 71.0 Å². The number of aromatic nitrogens is 2. The quantitative estimate of drug-likeness (QED) is 0.449. The fraction of sp³-hybridized carbons (Fsp3) is 0.0476. The number of alkyl halides is 3. The zero-order chi connectivity index (χ0) is 19.7. The highest BCUT2D eigenvalue weighted by Crippen LogP contribution is 2.31. The minimum Gasteiger partial charge on any atom is -0.268 e. The summed E-state index contributed by atoms with van der Waals surface area (Å²) in [5, 5.41) is 1.93. The molecular weight excluding hydrogens is 385 g/mol. The van der Waals surface area contributed by atoms with Gasteiger partial charge in [0.1, 0.15) is 5.65 Å². The molecule has 0 aliphatic heterocycles. The molecule has 0 saturated heterocycles. The van der Waals surface area contributed by atoms with Crippen LogP contribution in [0.4, 0.5) is 13.2 Å². The molecule has 0 radical (unpaired) electrons. The summed E-state index contributed by atoms with van der Waals surface area (Å²) in [5.74, 6) is 0. The molecule has 7 heteroatoms. The number of hydrogen-bond donors (Lipinski definition) is 0. The molecule has 140 valence electrons. The van der Waals surface area contributed by atoms with Crippen molar-refractivity contribution < 1.29 is 13.2 Å². The van der Waals surface area contributed by atoms with Crippen molar-refractivity contribution in [3.05, 3.63) is 92.7 Å². The van der Waals surface area contributed by atoms with Gasteiger partial charge in [-0.25, -0.2) is 4.98 Å². The molecule has 3 aromatic heterocycles. The first-order chi connectivity index (χ1) is 13.4. The second-order valence-electron chi connectivity index (χ2n) is 6.03. The summed E-state index contributed by atoms with van der Waals surface area (Å²) in [6, 6.07) is 13.6. The van der Waals surface area contributed by atoms with Crippen LogP contribution in [-0.2, 0) is 6.18 Å². The first-order valence-corrected chi connectivity index (χ1v) is 9.22. The van der Waals surface area contributed by atoms with Gasteiger partial charge in [-0.15, -0.1) is 11.3 Å². The highest BCUT2D eigenvalue weighted by Gasteiger charge is 2.30. The molecule has 0 unspecified atom stereocenters. The summed E-state index contributed by atoms with van der Waals surface area (Å²) < 4.78 is 40.0. The number of pyridine rings is 1. The second-order valence-corrected chi connectivity index (χ2v) is 7.01. The Morgan fingerprint density at radius 3 is 2.43 bits per heavy atom. The van der Waals surface area contributed by atoms with Crippen molar-refractivity contribution in [2.24, 2.45) is 0 Å². The first kappa shape index (κ1) is 18.2. The Kier molecular flexibility index (Phi) is 4.60. The van der Waals surface area contributed by atoms with E-state index in [1.807, 2.05) is 23.6 Å². The van der Waals surface area contributed by atoms with Crippen LogP contribution in [-0.4, -0.2) is 9.38 Å². The van der Waals surface area contributed by atoms with Crippen molar-refractivity contribution in [1.29, 1.82) is 0 Å². The summed E-state index contributed by atoms with van der Waals surface area (Å²) in [7, 11) is 0. The average molecular weight is 398 g/mol. The fourth-order valence-electron chi connectivity index (χ4n) is 2.87. The number of benzene rings is 1. The number of fused-ring (bicyclic) bond motifs is 1. The molecule has 3 heterocycles. The Morgan fingerprint density at radius 1 is 0.964 bits per heavy atom. The molecule has 28 heavy (non-hydrogen) atoms. The zero-order valence-electron chi connectivity index (χ0n) is 14.4. The summed E-state index contributed by atoms with van der Waals surface area (Å²) in [4.78, 5) is 18.6. The molecule has 0 bridgehead atoms. The summed E-state index contributed by atoms with van der Waals surface area (Å²) in [5.41, 5.74) is 0.412. The Balaban J connectivity index is 1.91. The van der Waals surface area contributed by atoms with Crippen LogP contribution in [0.1, 0.15) is 16.1 Å². The number of nitrogens with zero attached hydrogens (tertiary/aromatic N) is 2. The van der Waals surface area contributed by atoms with E-state index < -0.39 is 11.7 Å². The molecule has 1 aromatic carbocycles. The highest BCUT2D eigenvalue weighted by atomic mass is 32.1. The predicted molar refractivity (Wildman–Crippen MR) is 105 cm³/mol. The van der Waals surface area contributed by atoms with Gasteiger partial charge >= 0.3 is 6.18 Å².